The summed E-state index contributed by atoms with van der Waals surface area (Å²) >= 11 is 0. The molecule has 0 spiro atoms. The van der Waals surface area contributed by atoms with Gasteiger partial charge in [0.2, 0.25) is 0 Å². The van der Waals surface area contributed by atoms with Crippen LogP contribution in [0.1, 0.15) is 24.9 Å². The molecule has 0 saturated carbocycles. The van der Waals surface area contributed by atoms with Crippen molar-refractivity contribution in [3.05, 3.63) is 23.8 Å². The second-order valence-electron chi connectivity index (χ2n) is 3.43. The van der Waals surface area contributed by atoms with Crippen LogP contribution in [0.5, 0.6) is 11.5 Å². The number of hydrogen-bond donors (Lipinski definition) is 3. The molecule has 1 aromatic rings. The number of aliphatic hydroxyl groups is 1. The maximum atomic E-state index is 9.67. The molecule has 4 N–H and O–H groups in total. The van der Waals surface area contributed by atoms with Gasteiger partial charge >= 0.3 is 0 Å². The predicted octanol–water partition coefficient (Wildman–Crippen LogP) is 1.59. The average molecular weight is 248 g/mol. The smallest absolute Gasteiger partial charge is 0.124 e. The fourth-order valence-corrected chi connectivity index (χ4v) is 1.39. The van der Waals surface area contributed by atoms with Crippen molar-refractivity contribution in [3.63, 3.8) is 0 Å². The van der Waals surface area contributed by atoms with Gasteiger partial charge in [-0.2, -0.15) is 0 Å². The summed E-state index contributed by atoms with van der Waals surface area (Å²) in [6.45, 7) is 1.84. The summed E-state index contributed by atoms with van der Waals surface area (Å²) in [5.41, 5.74) is 6.32. The Labute approximate surface area is 101 Å². The van der Waals surface area contributed by atoms with Crippen molar-refractivity contribution in [1.82, 2.24) is 0 Å². The van der Waals surface area contributed by atoms with Gasteiger partial charge in [-0.1, -0.05) is 6.92 Å². The number of methoxy groups -OCH3 is 1. The van der Waals surface area contributed by atoms with Gasteiger partial charge in [-0.15, -0.1) is 12.4 Å². The van der Waals surface area contributed by atoms with Crippen LogP contribution in [0.3, 0.4) is 0 Å². The lowest BCUT2D eigenvalue weighted by molar-refractivity contribution is 0.139. The van der Waals surface area contributed by atoms with Crippen LogP contribution in [0.4, 0.5) is 0 Å². The maximum Gasteiger partial charge on any atom is 0.124 e. The SMILES string of the molecule is CC[C@H](O)[C@H](N)c1ccc(OC)cc1O.Cl. The first-order valence-corrected chi connectivity index (χ1v) is 4.90. The lowest BCUT2D eigenvalue weighted by Crippen LogP contribution is -2.25. The van der Waals surface area contributed by atoms with Crippen LogP contribution >= 0.6 is 12.4 Å². The van der Waals surface area contributed by atoms with Gasteiger partial charge in [0.1, 0.15) is 11.5 Å². The predicted molar refractivity (Wildman–Crippen MR) is 65.1 cm³/mol. The highest BCUT2D eigenvalue weighted by molar-refractivity contribution is 5.85. The van der Waals surface area contributed by atoms with Gasteiger partial charge in [0.15, 0.2) is 0 Å². The minimum Gasteiger partial charge on any atom is -0.507 e. The lowest BCUT2D eigenvalue weighted by atomic mass is 9.99. The van der Waals surface area contributed by atoms with E-state index in [0.717, 1.165) is 0 Å². The van der Waals surface area contributed by atoms with E-state index in [1.165, 1.54) is 13.2 Å². The molecule has 0 aromatic heterocycles. The zero-order valence-corrected chi connectivity index (χ0v) is 10.2. The van der Waals surface area contributed by atoms with Gasteiger partial charge in [0, 0.05) is 11.6 Å². The fraction of sp³-hybridized carbons (Fsp3) is 0.455. The van der Waals surface area contributed by atoms with Crippen LogP contribution in [-0.4, -0.2) is 23.4 Å². The number of phenols is 1. The van der Waals surface area contributed by atoms with E-state index in [9.17, 15) is 10.2 Å². The van der Waals surface area contributed by atoms with Crippen LogP contribution in [0.15, 0.2) is 18.2 Å². The maximum absolute atomic E-state index is 9.67. The molecule has 1 aromatic carbocycles. The monoisotopic (exact) mass is 247 g/mol. The Kier molecular flexibility index (Phi) is 6.18. The van der Waals surface area contributed by atoms with Gasteiger partial charge in [-0.25, -0.2) is 0 Å². The highest BCUT2D eigenvalue weighted by Gasteiger charge is 2.18. The summed E-state index contributed by atoms with van der Waals surface area (Å²) in [5, 5.41) is 19.2. The highest BCUT2D eigenvalue weighted by Crippen LogP contribution is 2.29. The molecule has 0 aliphatic carbocycles. The molecule has 0 radical (unpaired) electrons. The molecule has 4 nitrogen and oxygen atoms in total. The van der Waals surface area contributed by atoms with Gasteiger partial charge < -0.3 is 20.7 Å². The number of aliphatic hydroxyl groups excluding tert-OH is 1. The standard InChI is InChI=1S/C11H17NO3.ClH/c1-3-9(13)11(12)8-5-4-7(15-2)6-10(8)14;/h4-6,9,11,13-14H,3,12H2,1-2H3;1H/t9-,11+;/m0./s1. The summed E-state index contributed by atoms with van der Waals surface area (Å²) in [6.07, 6.45) is -0.101. The van der Waals surface area contributed by atoms with Crippen LogP contribution in [0.25, 0.3) is 0 Å². The Morgan fingerprint density at radius 2 is 2.06 bits per heavy atom. The number of aromatic hydroxyl groups is 1. The molecule has 0 aliphatic heterocycles. The van der Waals surface area contributed by atoms with E-state index in [2.05, 4.69) is 0 Å². The molecule has 92 valence electrons. The largest absolute Gasteiger partial charge is 0.507 e. The van der Waals surface area contributed by atoms with E-state index < -0.39 is 12.1 Å². The molecule has 0 aliphatic rings. The molecule has 0 unspecified atom stereocenters. The summed E-state index contributed by atoms with van der Waals surface area (Å²) in [6, 6.07) is 4.29. The van der Waals surface area contributed by atoms with Crippen molar-refractivity contribution in [2.75, 3.05) is 7.11 Å². The summed E-state index contributed by atoms with van der Waals surface area (Å²) in [4.78, 5) is 0. The number of hydrogen-bond acceptors (Lipinski definition) is 4. The summed E-state index contributed by atoms with van der Waals surface area (Å²) in [7, 11) is 1.52. The lowest BCUT2D eigenvalue weighted by Gasteiger charge is -2.18. The van der Waals surface area contributed by atoms with Crippen molar-refractivity contribution < 1.29 is 14.9 Å². The van der Waals surface area contributed by atoms with Gasteiger partial charge in [-0.3, -0.25) is 0 Å². The number of nitrogens with two attached hydrogens (primary N) is 1. The zero-order valence-electron chi connectivity index (χ0n) is 9.38. The Bertz CT molecular complexity index is 333. The van der Waals surface area contributed by atoms with Crippen molar-refractivity contribution in [2.24, 2.45) is 5.73 Å². The molecule has 0 heterocycles. The summed E-state index contributed by atoms with van der Waals surface area (Å²) in [5.74, 6) is 0.615. The second kappa shape index (κ2) is 6.58. The van der Waals surface area contributed by atoms with Crippen LogP contribution < -0.4 is 10.5 Å². The highest BCUT2D eigenvalue weighted by atomic mass is 35.5. The first-order valence-electron chi connectivity index (χ1n) is 4.90. The second-order valence-corrected chi connectivity index (χ2v) is 3.43. The minimum absolute atomic E-state index is 0. The van der Waals surface area contributed by atoms with Crippen molar-refractivity contribution in [3.8, 4) is 11.5 Å². The minimum atomic E-state index is -0.649. The first-order chi connectivity index (χ1) is 7.10. The quantitative estimate of drug-likeness (QED) is 0.755. The average Bonchev–Trinajstić information content (AvgIpc) is 2.26. The number of phenolic OH excluding ortho intramolecular Hbond substituents is 1. The molecule has 2 atom stereocenters. The topological polar surface area (TPSA) is 75.7 Å². The summed E-state index contributed by atoms with van der Waals surface area (Å²) < 4.78 is 4.95. The molecule has 1 rings (SSSR count). The Morgan fingerprint density at radius 1 is 1.44 bits per heavy atom. The van der Waals surface area contributed by atoms with Gasteiger partial charge in [-0.05, 0) is 18.6 Å². The number of ether oxygens (including phenoxy) is 1. The van der Waals surface area contributed by atoms with Crippen molar-refractivity contribution >= 4 is 12.4 Å². The fourth-order valence-electron chi connectivity index (χ4n) is 1.39. The molecular weight excluding hydrogens is 230 g/mol. The van der Waals surface area contributed by atoms with Crippen molar-refractivity contribution in [2.45, 2.75) is 25.5 Å². The van der Waals surface area contributed by atoms with E-state index >= 15 is 0 Å². The van der Waals surface area contributed by atoms with E-state index in [0.29, 0.717) is 17.7 Å². The van der Waals surface area contributed by atoms with E-state index in [-0.39, 0.29) is 18.2 Å². The van der Waals surface area contributed by atoms with E-state index in [1.54, 1.807) is 12.1 Å². The number of benzene rings is 1. The Hall–Kier alpha value is -0.970. The molecule has 0 saturated heterocycles. The molecule has 0 fully saturated rings. The number of halogens is 1. The van der Waals surface area contributed by atoms with Gasteiger partial charge in [0.25, 0.3) is 0 Å². The van der Waals surface area contributed by atoms with E-state index in [4.69, 9.17) is 10.5 Å². The number of rotatable bonds is 4. The van der Waals surface area contributed by atoms with Crippen LogP contribution in [0, 0.1) is 0 Å². The van der Waals surface area contributed by atoms with Crippen LogP contribution in [0.2, 0.25) is 0 Å². The Balaban J connectivity index is 0.00000225. The molecule has 16 heavy (non-hydrogen) atoms. The third-order valence-corrected chi connectivity index (χ3v) is 2.43. The molecule has 5 heteroatoms. The third kappa shape index (κ3) is 3.27. The normalized spacial score (nSPS) is 13.8. The van der Waals surface area contributed by atoms with E-state index in [1.807, 2.05) is 6.92 Å². The van der Waals surface area contributed by atoms with Crippen molar-refractivity contribution in [1.29, 1.82) is 0 Å². The molecule has 0 amide bonds. The van der Waals surface area contributed by atoms with Crippen LogP contribution in [-0.2, 0) is 0 Å². The molecule has 0 bridgehead atoms. The third-order valence-electron chi connectivity index (χ3n) is 2.43. The zero-order chi connectivity index (χ0) is 11.4. The van der Waals surface area contributed by atoms with Gasteiger partial charge in [0.05, 0.1) is 19.3 Å². The Morgan fingerprint density at radius 3 is 2.50 bits per heavy atom. The molecular formula is C11H18ClNO3. The first kappa shape index (κ1) is 15.0.